The summed E-state index contributed by atoms with van der Waals surface area (Å²) in [5.41, 5.74) is 5.70. The number of halogens is 1. The standard InChI is InChI=1S/C29H30FN5S/c1-20-19-23(21(2)35(20)26-15-7-6-13-24(26)30)28-27(25-14-8-9-16-32-25)33-29(36)34(28)18-10-17-31-22-11-4-3-5-12-22/h3-9,11-16,19,27-28,31H,10,17-18H2,1-2H3,(H,33,36)/t27-,28+/m1/s1. The lowest BCUT2D eigenvalue weighted by atomic mass is 9.96. The molecule has 0 unspecified atom stereocenters. The number of hydrogen-bond acceptors (Lipinski definition) is 3. The van der Waals surface area contributed by atoms with Crippen LogP contribution in [0.25, 0.3) is 5.69 Å². The van der Waals surface area contributed by atoms with E-state index in [0.29, 0.717) is 10.8 Å². The quantitative estimate of drug-likeness (QED) is 0.226. The molecule has 2 atom stereocenters. The van der Waals surface area contributed by atoms with Crippen LogP contribution in [0.15, 0.2) is 85.1 Å². The van der Waals surface area contributed by atoms with Crippen molar-refractivity contribution in [2.24, 2.45) is 0 Å². The third kappa shape index (κ3) is 4.71. The van der Waals surface area contributed by atoms with E-state index in [9.17, 15) is 4.39 Å². The maximum Gasteiger partial charge on any atom is 0.170 e. The first kappa shape index (κ1) is 24.0. The molecular formula is C29H30FN5S. The summed E-state index contributed by atoms with van der Waals surface area (Å²) in [6.07, 6.45) is 2.72. The molecule has 1 saturated heterocycles. The summed E-state index contributed by atoms with van der Waals surface area (Å²) in [4.78, 5) is 6.90. The van der Waals surface area contributed by atoms with Crippen LogP contribution in [0.4, 0.5) is 10.1 Å². The molecule has 1 aliphatic rings. The van der Waals surface area contributed by atoms with Crippen molar-refractivity contribution in [1.29, 1.82) is 0 Å². The number of pyridine rings is 1. The number of nitrogens with one attached hydrogen (secondary N) is 2. The molecule has 0 amide bonds. The van der Waals surface area contributed by atoms with E-state index < -0.39 is 0 Å². The molecular weight excluding hydrogens is 469 g/mol. The minimum atomic E-state index is -0.240. The SMILES string of the molecule is Cc1cc([C@H]2[C@@H](c3ccccn3)NC(=S)N2CCCNc2ccccc2)c(C)n1-c1ccccc1F. The maximum atomic E-state index is 14.8. The van der Waals surface area contributed by atoms with Gasteiger partial charge < -0.3 is 20.1 Å². The van der Waals surface area contributed by atoms with Gasteiger partial charge in [0.15, 0.2) is 5.11 Å². The number of anilines is 1. The van der Waals surface area contributed by atoms with E-state index in [2.05, 4.69) is 45.6 Å². The molecule has 2 N–H and O–H groups in total. The normalized spacial score (nSPS) is 17.3. The number of benzene rings is 2. The fourth-order valence-corrected chi connectivity index (χ4v) is 5.45. The van der Waals surface area contributed by atoms with Crippen LogP contribution < -0.4 is 10.6 Å². The number of hydrogen-bond donors (Lipinski definition) is 2. The zero-order valence-corrected chi connectivity index (χ0v) is 21.3. The van der Waals surface area contributed by atoms with Crippen molar-refractivity contribution in [2.45, 2.75) is 32.4 Å². The van der Waals surface area contributed by atoms with E-state index in [0.717, 1.165) is 47.8 Å². The average molecular weight is 500 g/mol. The summed E-state index contributed by atoms with van der Waals surface area (Å²) < 4.78 is 16.8. The predicted molar refractivity (Wildman–Crippen MR) is 147 cm³/mol. The van der Waals surface area contributed by atoms with E-state index in [4.69, 9.17) is 12.2 Å². The molecule has 0 saturated carbocycles. The summed E-state index contributed by atoms with van der Waals surface area (Å²) in [5, 5.41) is 7.72. The van der Waals surface area contributed by atoms with Crippen LogP contribution in [-0.4, -0.2) is 32.7 Å². The van der Waals surface area contributed by atoms with Crippen molar-refractivity contribution in [3.8, 4) is 5.69 Å². The molecule has 4 aromatic rings. The third-order valence-electron chi connectivity index (χ3n) is 6.76. The molecule has 0 radical (unpaired) electrons. The third-order valence-corrected chi connectivity index (χ3v) is 7.11. The first-order valence-electron chi connectivity index (χ1n) is 12.3. The molecule has 0 aliphatic carbocycles. The monoisotopic (exact) mass is 499 g/mol. The Hall–Kier alpha value is -3.71. The Morgan fingerprint density at radius 2 is 1.75 bits per heavy atom. The fourth-order valence-electron chi connectivity index (χ4n) is 5.11. The lowest BCUT2D eigenvalue weighted by Gasteiger charge is -2.28. The van der Waals surface area contributed by atoms with E-state index in [1.165, 1.54) is 6.07 Å². The summed E-state index contributed by atoms with van der Waals surface area (Å²) in [7, 11) is 0. The molecule has 36 heavy (non-hydrogen) atoms. The lowest BCUT2D eigenvalue weighted by molar-refractivity contribution is 0.315. The first-order valence-corrected chi connectivity index (χ1v) is 12.7. The van der Waals surface area contributed by atoms with Gasteiger partial charge in [-0.3, -0.25) is 4.98 Å². The zero-order valence-electron chi connectivity index (χ0n) is 20.5. The molecule has 1 fully saturated rings. The van der Waals surface area contributed by atoms with Gasteiger partial charge in [-0.1, -0.05) is 36.4 Å². The van der Waals surface area contributed by atoms with Crippen LogP contribution in [0.2, 0.25) is 0 Å². The highest BCUT2D eigenvalue weighted by Crippen LogP contribution is 2.41. The van der Waals surface area contributed by atoms with Crippen LogP contribution in [0.5, 0.6) is 0 Å². The van der Waals surface area contributed by atoms with Crippen LogP contribution in [-0.2, 0) is 0 Å². The van der Waals surface area contributed by atoms with Crippen molar-refractivity contribution in [3.05, 3.63) is 114 Å². The molecule has 0 bridgehead atoms. The number of thiocarbonyl (C=S) groups is 1. The van der Waals surface area contributed by atoms with Gasteiger partial charge in [0, 0.05) is 36.4 Å². The Labute approximate surface area is 217 Å². The molecule has 1 aliphatic heterocycles. The lowest BCUT2D eigenvalue weighted by Crippen LogP contribution is -2.31. The molecule has 0 spiro atoms. The Morgan fingerprint density at radius 1 is 1.00 bits per heavy atom. The van der Waals surface area contributed by atoms with Gasteiger partial charge in [0.1, 0.15) is 5.82 Å². The van der Waals surface area contributed by atoms with E-state index in [1.807, 2.05) is 66.2 Å². The first-order chi connectivity index (χ1) is 17.5. The molecule has 7 heteroatoms. The molecule has 3 heterocycles. The fraction of sp³-hybridized carbons (Fsp3) is 0.241. The van der Waals surface area contributed by atoms with Crippen LogP contribution >= 0.6 is 12.2 Å². The average Bonchev–Trinajstić information content (AvgIpc) is 3.38. The number of aromatic nitrogens is 2. The van der Waals surface area contributed by atoms with Gasteiger partial charge in [-0.2, -0.15) is 0 Å². The highest BCUT2D eigenvalue weighted by Gasteiger charge is 2.41. The Bertz CT molecular complexity index is 1340. The summed E-state index contributed by atoms with van der Waals surface area (Å²) in [5.74, 6) is -0.240. The number of nitrogens with zero attached hydrogens (tertiary/aromatic N) is 3. The van der Waals surface area contributed by atoms with Crippen LogP contribution in [0.1, 0.15) is 41.1 Å². The Balaban J connectivity index is 1.46. The largest absolute Gasteiger partial charge is 0.385 e. The van der Waals surface area contributed by atoms with Crippen molar-refractivity contribution in [2.75, 3.05) is 18.4 Å². The summed E-state index contributed by atoms with van der Waals surface area (Å²) >= 11 is 5.83. The van der Waals surface area contributed by atoms with Gasteiger partial charge in [-0.05, 0) is 80.5 Å². The second-order valence-corrected chi connectivity index (χ2v) is 9.47. The smallest absolute Gasteiger partial charge is 0.170 e. The number of rotatable bonds is 8. The maximum absolute atomic E-state index is 14.8. The van der Waals surface area contributed by atoms with Gasteiger partial charge in [0.05, 0.1) is 23.5 Å². The van der Waals surface area contributed by atoms with Crippen LogP contribution in [0, 0.1) is 19.7 Å². The molecule has 5 nitrogen and oxygen atoms in total. The highest BCUT2D eigenvalue weighted by molar-refractivity contribution is 7.80. The van der Waals surface area contributed by atoms with Crippen molar-refractivity contribution >= 4 is 23.0 Å². The van der Waals surface area contributed by atoms with Gasteiger partial charge in [0.2, 0.25) is 0 Å². The molecule has 184 valence electrons. The van der Waals surface area contributed by atoms with Gasteiger partial charge >= 0.3 is 0 Å². The summed E-state index contributed by atoms with van der Waals surface area (Å²) in [6, 6.07) is 25.1. The van der Waals surface area contributed by atoms with Crippen LogP contribution in [0.3, 0.4) is 0 Å². The second-order valence-electron chi connectivity index (χ2n) is 9.08. The molecule has 5 rings (SSSR count). The minimum absolute atomic E-state index is 0.0594. The Kier molecular flexibility index (Phi) is 7.00. The highest BCUT2D eigenvalue weighted by atomic mass is 32.1. The number of aryl methyl sites for hydroxylation is 1. The molecule has 2 aromatic carbocycles. The predicted octanol–water partition coefficient (Wildman–Crippen LogP) is 6.10. The van der Waals surface area contributed by atoms with Gasteiger partial charge in [0.25, 0.3) is 0 Å². The van der Waals surface area contributed by atoms with Crippen molar-refractivity contribution in [3.63, 3.8) is 0 Å². The van der Waals surface area contributed by atoms with E-state index in [-0.39, 0.29) is 17.9 Å². The second kappa shape index (κ2) is 10.5. The van der Waals surface area contributed by atoms with Gasteiger partial charge in [-0.25, -0.2) is 4.39 Å². The van der Waals surface area contributed by atoms with Gasteiger partial charge in [-0.15, -0.1) is 0 Å². The van der Waals surface area contributed by atoms with E-state index >= 15 is 0 Å². The minimum Gasteiger partial charge on any atom is -0.385 e. The molecule has 2 aromatic heterocycles. The van der Waals surface area contributed by atoms with Crippen molar-refractivity contribution < 1.29 is 4.39 Å². The topological polar surface area (TPSA) is 45.1 Å². The van der Waals surface area contributed by atoms with Crippen molar-refractivity contribution in [1.82, 2.24) is 19.8 Å². The van der Waals surface area contributed by atoms with E-state index in [1.54, 1.807) is 6.07 Å². The zero-order chi connectivity index (χ0) is 25.1. The Morgan fingerprint density at radius 3 is 2.50 bits per heavy atom. The number of para-hydroxylation sites is 2. The summed E-state index contributed by atoms with van der Waals surface area (Å²) in [6.45, 7) is 5.69.